The highest BCUT2D eigenvalue weighted by Gasteiger charge is 2.28. The zero-order valence-electron chi connectivity index (χ0n) is 15.4. The maximum absolute atomic E-state index is 13.6. The van der Waals surface area contributed by atoms with Crippen LogP contribution in [0.3, 0.4) is 0 Å². The Labute approximate surface area is 162 Å². The molecule has 0 spiro atoms. The van der Waals surface area contributed by atoms with Crippen molar-refractivity contribution in [2.45, 2.75) is 37.3 Å². The number of aliphatic hydroxyl groups excluding tert-OH is 1. The van der Waals surface area contributed by atoms with Crippen molar-refractivity contribution in [3.63, 3.8) is 0 Å². The van der Waals surface area contributed by atoms with Crippen LogP contribution in [-0.2, 0) is 0 Å². The van der Waals surface area contributed by atoms with Crippen molar-refractivity contribution in [1.82, 2.24) is 19.9 Å². The van der Waals surface area contributed by atoms with Gasteiger partial charge in [0, 0.05) is 36.4 Å². The Morgan fingerprint density at radius 1 is 1.21 bits per heavy atom. The fourth-order valence-corrected chi connectivity index (χ4v) is 3.78. The topological polar surface area (TPSA) is 86.5 Å². The zero-order valence-corrected chi connectivity index (χ0v) is 15.4. The number of β-amino-alcohol motifs (C(OH)–C–C–N with tert-alkyl or cyclic N) is 1. The molecule has 0 amide bonds. The van der Waals surface area contributed by atoms with E-state index in [0.29, 0.717) is 30.4 Å². The van der Waals surface area contributed by atoms with Crippen LogP contribution in [0.1, 0.15) is 30.7 Å². The number of hydrogen-bond acceptors (Lipinski definition) is 6. The average Bonchev–Trinajstić information content (AvgIpc) is 3.41. The van der Waals surface area contributed by atoms with Crippen molar-refractivity contribution in [3.05, 3.63) is 47.9 Å². The van der Waals surface area contributed by atoms with E-state index >= 15 is 0 Å². The predicted molar refractivity (Wildman–Crippen MR) is 106 cm³/mol. The lowest BCUT2D eigenvalue weighted by Crippen LogP contribution is -2.45. The molecule has 1 saturated heterocycles. The van der Waals surface area contributed by atoms with Crippen LogP contribution in [0, 0.1) is 5.82 Å². The molecule has 2 atom stereocenters. The molecule has 0 unspecified atom stereocenters. The second-order valence-electron chi connectivity index (χ2n) is 7.66. The summed E-state index contributed by atoms with van der Waals surface area (Å²) in [5, 5.41) is 24.3. The van der Waals surface area contributed by atoms with Gasteiger partial charge >= 0.3 is 0 Å². The Morgan fingerprint density at radius 2 is 2.11 bits per heavy atom. The van der Waals surface area contributed by atoms with Crippen LogP contribution >= 0.6 is 0 Å². The van der Waals surface area contributed by atoms with Crippen LogP contribution in [0.15, 0.2) is 36.5 Å². The van der Waals surface area contributed by atoms with Gasteiger partial charge in [-0.25, -0.2) is 9.37 Å². The van der Waals surface area contributed by atoms with Gasteiger partial charge < -0.3 is 21.1 Å². The van der Waals surface area contributed by atoms with Gasteiger partial charge in [-0.3, -0.25) is 0 Å². The minimum Gasteiger partial charge on any atom is -0.392 e. The number of hydrogen-bond donors (Lipinski definition) is 4. The first kappa shape index (κ1) is 17.4. The molecule has 1 aromatic carbocycles. The first-order valence-electron chi connectivity index (χ1n) is 9.72. The van der Waals surface area contributed by atoms with E-state index in [-0.39, 0.29) is 18.0 Å². The van der Waals surface area contributed by atoms with E-state index in [0.717, 1.165) is 36.4 Å². The number of nitrogens with zero attached hydrogens (tertiary/aromatic N) is 3. The molecule has 4 N–H and O–H groups in total. The van der Waals surface area contributed by atoms with Crippen molar-refractivity contribution >= 4 is 23.0 Å². The van der Waals surface area contributed by atoms with Crippen molar-refractivity contribution in [3.8, 4) is 0 Å². The first-order chi connectivity index (χ1) is 13.7. The lowest BCUT2D eigenvalue weighted by molar-refractivity contribution is 0.136. The molecule has 0 bridgehead atoms. The molecule has 1 aliphatic carbocycles. The highest BCUT2D eigenvalue weighted by Crippen LogP contribution is 2.42. The number of anilines is 3. The monoisotopic (exact) mass is 382 g/mol. The summed E-state index contributed by atoms with van der Waals surface area (Å²) in [5.74, 6) is 1.65. The minimum absolute atomic E-state index is 0.0908. The summed E-state index contributed by atoms with van der Waals surface area (Å²) < 4.78 is 15.4. The summed E-state index contributed by atoms with van der Waals surface area (Å²) in [5.41, 5.74) is 2.61. The molecule has 1 saturated carbocycles. The Morgan fingerprint density at radius 3 is 2.89 bits per heavy atom. The molecule has 0 radical (unpaired) electrons. The SMILES string of the molecule is O[C@@H]1CNC[C@@H](Nc2cc(Nc3cccc(F)c3)n3ncc(C4CC4)c3n2)C1. The molecule has 3 heterocycles. The maximum Gasteiger partial charge on any atom is 0.163 e. The van der Waals surface area contributed by atoms with Crippen molar-refractivity contribution in [1.29, 1.82) is 0 Å². The predicted octanol–water partition coefficient (Wildman–Crippen LogP) is 2.62. The normalized spacial score (nSPS) is 22.4. The largest absolute Gasteiger partial charge is 0.392 e. The van der Waals surface area contributed by atoms with E-state index in [2.05, 4.69) is 21.0 Å². The molecule has 7 nitrogen and oxygen atoms in total. The zero-order chi connectivity index (χ0) is 19.1. The number of aromatic nitrogens is 3. The fraction of sp³-hybridized carbons (Fsp3) is 0.400. The third kappa shape index (κ3) is 3.53. The smallest absolute Gasteiger partial charge is 0.163 e. The number of fused-ring (bicyclic) bond motifs is 1. The van der Waals surface area contributed by atoms with Crippen LogP contribution in [0.25, 0.3) is 5.65 Å². The lowest BCUT2D eigenvalue weighted by Gasteiger charge is -2.28. The Bertz CT molecular complexity index is 1000. The van der Waals surface area contributed by atoms with E-state index in [9.17, 15) is 9.50 Å². The Kier molecular flexibility index (Phi) is 4.37. The highest BCUT2D eigenvalue weighted by molar-refractivity contribution is 5.66. The third-order valence-corrected chi connectivity index (χ3v) is 5.29. The van der Waals surface area contributed by atoms with E-state index in [1.165, 1.54) is 12.1 Å². The summed E-state index contributed by atoms with van der Waals surface area (Å²) in [4.78, 5) is 4.80. The van der Waals surface area contributed by atoms with Crippen LogP contribution < -0.4 is 16.0 Å². The number of piperidine rings is 1. The van der Waals surface area contributed by atoms with Crippen LogP contribution in [0.4, 0.5) is 21.7 Å². The quantitative estimate of drug-likeness (QED) is 0.543. The molecule has 2 fully saturated rings. The second-order valence-corrected chi connectivity index (χ2v) is 7.66. The average molecular weight is 382 g/mol. The number of rotatable bonds is 5. The molecule has 5 rings (SSSR count). The number of halogens is 1. The van der Waals surface area contributed by atoms with Gasteiger partial charge in [0.25, 0.3) is 0 Å². The fourth-order valence-electron chi connectivity index (χ4n) is 3.78. The van der Waals surface area contributed by atoms with Gasteiger partial charge in [0.1, 0.15) is 17.5 Å². The van der Waals surface area contributed by atoms with Crippen molar-refractivity contribution in [2.75, 3.05) is 23.7 Å². The van der Waals surface area contributed by atoms with Gasteiger partial charge in [-0.05, 0) is 43.4 Å². The standard InChI is InChI=1S/C20H23FN6O/c21-13-2-1-3-14(6-13)25-19-8-18(24-15-7-16(28)10-22-9-15)26-20-17(12-4-5-12)11-23-27(19)20/h1-3,6,8,11-12,15-16,22,25,28H,4-5,7,9-10H2,(H,24,26)/t15-,16-/m0/s1. The molecular formula is C20H23FN6O. The third-order valence-electron chi connectivity index (χ3n) is 5.29. The molecule has 1 aliphatic heterocycles. The summed E-state index contributed by atoms with van der Waals surface area (Å²) in [6.07, 6.45) is 4.50. The van der Waals surface area contributed by atoms with E-state index in [1.54, 1.807) is 10.6 Å². The summed E-state index contributed by atoms with van der Waals surface area (Å²) in [7, 11) is 0. The van der Waals surface area contributed by atoms with Gasteiger partial charge in [-0.15, -0.1) is 0 Å². The minimum atomic E-state index is -0.364. The van der Waals surface area contributed by atoms with Gasteiger partial charge in [0.15, 0.2) is 5.65 Å². The van der Waals surface area contributed by atoms with Gasteiger partial charge in [-0.1, -0.05) is 6.07 Å². The molecule has 2 aromatic heterocycles. The molecule has 28 heavy (non-hydrogen) atoms. The number of aliphatic hydroxyl groups is 1. The molecule has 2 aliphatic rings. The van der Waals surface area contributed by atoms with Gasteiger partial charge in [-0.2, -0.15) is 9.61 Å². The van der Waals surface area contributed by atoms with Crippen LogP contribution in [0.2, 0.25) is 0 Å². The summed E-state index contributed by atoms with van der Waals surface area (Å²) in [6, 6.07) is 8.32. The Hall–Kier alpha value is -2.71. The molecule has 146 valence electrons. The lowest BCUT2D eigenvalue weighted by atomic mass is 10.1. The van der Waals surface area contributed by atoms with Crippen LogP contribution in [0.5, 0.6) is 0 Å². The van der Waals surface area contributed by atoms with E-state index < -0.39 is 0 Å². The van der Waals surface area contributed by atoms with Crippen molar-refractivity contribution in [2.24, 2.45) is 0 Å². The summed E-state index contributed by atoms with van der Waals surface area (Å²) >= 11 is 0. The number of nitrogens with one attached hydrogen (secondary N) is 3. The first-order valence-corrected chi connectivity index (χ1v) is 9.72. The van der Waals surface area contributed by atoms with E-state index in [1.807, 2.05) is 18.3 Å². The van der Waals surface area contributed by atoms with Crippen LogP contribution in [-0.4, -0.2) is 44.9 Å². The van der Waals surface area contributed by atoms with Crippen molar-refractivity contribution < 1.29 is 9.50 Å². The summed E-state index contributed by atoms with van der Waals surface area (Å²) in [6.45, 7) is 1.39. The Balaban J connectivity index is 1.51. The molecular weight excluding hydrogens is 359 g/mol. The maximum atomic E-state index is 13.6. The van der Waals surface area contributed by atoms with Gasteiger partial charge in [0.05, 0.1) is 12.3 Å². The highest BCUT2D eigenvalue weighted by atomic mass is 19.1. The molecule has 8 heteroatoms. The molecule has 3 aromatic rings. The number of benzene rings is 1. The van der Waals surface area contributed by atoms with E-state index in [4.69, 9.17) is 4.98 Å². The second kappa shape index (κ2) is 7.03. The van der Waals surface area contributed by atoms with Gasteiger partial charge in [0.2, 0.25) is 0 Å².